The smallest absolute Gasteiger partial charge is 0.161 e. The molecule has 0 bridgehead atoms. The van der Waals surface area contributed by atoms with Crippen molar-refractivity contribution in [2.75, 3.05) is 20.3 Å². The van der Waals surface area contributed by atoms with E-state index in [9.17, 15) is 0 Å². The number of ether oxygens (including phenoxy) is 2. The van der Waals surface area contributed by atoms with Gasteiger partial charge in [-0.2, -0.15) is 0 Å². The second-order valence-corrected chi connectivity index (χ2v) is 5.06. The van der Waals surface area contributed by atoms with Gasteiger partial charge in [0.1, 0.15) is 19.0 Å². The van der Waals surface area contributed by atoms with Gasteiger partial charge in [0.2, 0.25) is 0 Å². The summed E-state index contributed by atoms with van der Waals surface area (Å²) in [4.78, 5) is 2.21. The van der Waals surface area contributed by atoms with E-state index in [0.29, 0.717) is 13.2 Å². The van der Waals surface area contributed by atoms with Crippen molar-refractivity contribution < 1.29 is 14.0 Å². The maximum atomic E-state index is 5.60. The average Bonchev–Trinajstić information content (AvgIpc) is 2.84. The SMILES string of the molecule is Cc1oncc1CN(C)Cc1ccc2c(c1)OCCO2. The van der Waals surface area contributed by atoms with Crippen LogP contribution in [0, 0.1) is 6.92 Å². The van der Waals surface area contributed by atoms with E-state index in [0.717, 1.165) is 35.9 Å². The highest BCUT2D eigenvalue weighted by Crippen LogP contribution is 2.31. The zero-order valence-corrected chi connectivity index (χ0v) is 11.8. The molecule has 1 aromatic carbocycles. The van der Waals surface area contributed by atoms with Crippen LogP contribution in [-0.4, -0.2) is 30.3 Å². The van der Waals surface area contributed by atoms with Crippen LogP contribution in [0.2, 0.25) is 0 Å². The fraction of sp³-hybridized carbons (Fsp3) is 0.400. The lowest BCUT2D eigenvalue weighted by Gasteiger charge is -2.20. The molecule has 3 rings (SSSR count). The van der Waals surface area contributed by atoms with Crippen molar-refractivity contribution >= 4 is 0 Å². The lowest BCUT2D eigenvalue weighted by molar-refractivity contribution is 0.171. The second-order valence-electron chi connectivity index (χ2n) is 5.06. The Balaban J connectivity index is 1.66. The van der Waals surface area contributed by atoms with Gasteiger partial charge in [-0.15, -0.1) is 0 Å². The normalized spacial score (nSPS) is 13.8. The van der Waals surface area contributed by atoms with E-state index in [1.807, 2.05) is 19.1 Å². The van der Waals surface area contributed by atoms with E-state index in [1.54, 1.807) is 6.20 Å². The van der Waals surface area contributed by atoms with Crippen molar-refractivity contribution in [2.45, 2.75) is 20.0 Å². The van der Waals surface area contributed by atoms with Gasteiger partial charge < -0.3 is 14.0 Å². The molecule has 0 unspecified atom stereocenters. The van der Waals surface area contributed by atoms with Crippen molar-refractivity contribution in [1.82, 2.24) is 10.1 Å². The molecule has 0 amide bonds. The molecule has 1 aliphatic rings. The summed E-state index contributed by atoms with van der Waals surface area (Å²) < 4.78 is 16.2. The van der Waals surface area contributed by atoms with Crippen LogP contribution in [0.25, 0.3) is 0 Å². The fourth-order valence-corrected chi connectivity index (χ4v) is 2.32. The van der Waals surface area contributed by atoms with Crippen LogP contribution in [0.5, 0.6) is 11.5 Å². The molecule has 5 heteroatoms. The molecule has 1 aliphatic heterocycles. The van der Waals surface area contributed by atoms with Gasteiger partial charge in [0.25, 0.3) is 0 Å². The van der Waals surface area contributed by atoms with Gasteiger partial charge in [-0.3, -0.25) is 4.90 Å². The van der Waals surface area contributed by atoms with Crippen LogP contribution in [0.1, 0.15) is 16.9 Å². The molecule has 0 aliphatic carbocycles. The highest BCUT2D eigenvalue weighted by atomic mass is 16.6. The van der Waals surface area contributed by atoms with E-state index < -0.39 is 0 Å². The molecule has 0 saturated carbocycles. The third kappa shape index (κ3) is 2.77. The Morgan fingerprint density at radius 3 is 2.70 bits per heavy atom. The summed E-state index contributed by atoms with van der Waals surface area (Å²) in [6.07, 6.45) is 1.77. The Bertz CT molecular complexity index is 595. The number of fused-ring (bicyclic) bond motifs is 1. The van der Waals surface area contributed by atoms with E-state index in [1.165, 1.54) is 5.56 Å². The summed E-state index contributed by atoms with van der Waals surface area (Å²) in [6.45, 7) is 4.82. The summed E-state index contributed by atoms with van der Waals surface area (Å²) in [6, 6.07) is 6.10. The fourth-order valence-electron chi connectivity index (χ4n) is 2.32. The number of hydrogen-bond acceptors (Lipinski definition) is 5. The molecule has 2 heterocycles. The molecule has 5 nitrogen and oxygen atoms in total. The standard InChI is InChI=1S/C15H18N2O3/c1-11-13(8-16-20-11)10-17(2)9-12-3-4-14-15(7-12)19-6-5-18-14/h3-4,7-8H,5-6,9-10H2,1-2H3. The molecule has 0 radical (unpaired) electrons. The third-order valence-corrected chi connectivity index (χ3v) is 3.35. The Hall–Kier alpha value is -2.01. The summed E-state index contributed by atoms with van der Waals surface area (Å²) in [5, 5.41) is 3.80. The number of hydrogen-bond donors (Lipinski definition) is 0. The van der Waals surface area contributed by atoms with Gasteiger partial charge in [0.15, 0.2) is 11.5 Å². The first-order chi connectivity index (χ1) is 9.72. The lowest BCUT2D eigenvalue weighted by atomic mass is 10.1. The Kier molecular flexibility index (Phi) is 3.60. The number of aromatic nitrogens is 1. The van der Waals surface area contributed by atoms with Crippen molar-refractivity contribution in [1.29, 1.82) is 0 Å². The Morgan fingerprint density at radius 2 is 1.95 bits per heavy atom. The van der Waals surface area contributed by atoms with Crippen molar-refractivity contribution in [3.8, 4) is 11.5 Å². The molecule has 0 atom stereocenters. The molecule has 106 valence electrons. The van der Waals surface area contributed by atoms with Gasteiger partial charge in [0, 0.05) is 18.7 Å². The molecule has 0 saturated heterocycles. The van der Waals surface area contributed by atoms with Gasteiger partial charge >= 0.3 is 0 Å². The molecule has 0 spiro atoms. The minimum Gasteiger partial charge on any atom is -0.486 e. The van der Waals surface area contributed by atoms with E-state index in [4.69, 9.17) is 14.0 Å². The van der Waals surface area contributed by atoms with Crippen LogP contribution in [0.4, 0.5) is 0 Å². The minimum atomic E-state index is 0.617. The zero-order chi connectivity index (χ0) is 13.9. The number of nitrogens with zero attached hydrogens (tertiary/aromatic N) is 2. The quantitative estimate of drug-likeness (QED) is 0.856. The Labute approximate surface area is 118 Å². The Morgan fingerprint density at radius 1 is 1.15 bits per heavy atom. The van der Waals surface area contributed by atoms with Crippen molar-refractivity contribution in [2.24, 2.45) is 0 Å². The number of benzene rings is 1. The maximum absolute atomic E-state index is 5.60. The van der Waals surface area contributed by atoms with Gasteiger partial charge in [0.05, 0.1) is 6.20 Å². The molecule has 2 aromatic rings. The molecular weight excluding hydrogens is 256 g/mol. The average molecular weight is 274 g/mol. The summed E-state index contributed by atoms with van der Waals surface area (Å²) in [5.41, 5.74) is 2.32. The molecule has 20 heavy (non-hydrogen) atoms. The maximum Gasteiger partial charge on any atom is 0.161 e. The van der Waals surface area contributed by atoms with Crippen LogP contribution < -0.4 is 9.47 Å². The van der Waals surface area contributed by atoms with Crippen LogP contribution in [0.15, 0.2) is 28.9 Å². The first-order valence-corrected chi connectivity index (χ1v) is 6.69. The summed E-state index contributed by atoms with van der Waals surface area (Å²) in [7, 11) is 2.07. The van der Waals surface area contributed by atoms with Gasteiger partial charge in [-0.05, 0) is 31.7 Å². The number of rotatable bonds is 4. The molecule has 0 N–H and O–H groups in total. The minimum absolute atomic E-state index is 0.617. The van der Waals surface area contributed by atoms with Gasteiger partial charge in [-0.1, -0.05) is 11.2 Å². The first kappa shape index (κ1) is 13.0. The van der Waals surface area contributed by atoms with E-state index >= 15 is 0 Å². The van der Waals surface area contributed by atoms with Gasteiger partial charge in [-0.25, -0.2) is 0 Å². The highest BCUT2D eigenvalue weighted by molar-refractivity contribution is 5.43. The molecule has 0 fully saturated rings. The monoisotopic (exact) mass is 274 g/mol. The number of aryl methyl sites for hydroxylation is 1. The van der Waals surface area contributed by atoms with E-state index in [-0.39, 0.29) is 0 Å². The topological polar surface area (TPSA) is 47.7 Å². The lowest BCUT2D eigenvalue weighted by Crippen LogP contribution is -2.18. The second kappa shape index (κ2) is 5.54. The summed E-state index contributed by atoms with van der Waals surface area (Å²) in [5.74, 6) is 2.54. The summed E-state index contributed by atoms with van der Waals surface area (Å²) >= 11 is 0. The largest absolute Gasteiger partial charge is 0.486 e. The predicted molar refractivity (Wildman–Crippen MR) is 73.8 cm³/mol. The third-order valence-electron chi connectivity index (χ3n) is 3.35. The highest BCUT2D eigenvalue weighted by Gasteiger charge is 2.13. The molecule has 1 aromatic heterocycles. The van der Waals surface area contributed by atoms with Crippen molar-refractivity contribution in [3.63, 3.8) is 0 Å². The zero-order valence-electron chi connectivity index (χ0n) is 11.8. The van der Waals surface area contributed by atoms with Crippen LogP contribution in [0.3, 0.4) is 0 Å². The van der Waals surface area contributed by atoms with E-state index in [2.05, 4.69) is 23.2 Å². The van der Waals surface area contributed by atoms with Crippen LogP contribution >= 0.6 is 0 Å². The molecular formula is C15H18N2O3. The first-order valence-electron chi connectivity index (χ1n) is 6.69. The van der Waals surface area contributed by atoms with Crippen LogP contribution in [-0.2, 0) is 13.1 Å². The predicted octanol–water partition coefficient (Wildman–Crippen LogP) is 2.39. The van der Waals surface area contributed by atoms with Crippen molar-refractivity contribution in [3.05, 3.63) is 41.3 Å².